The van der Waals surface area contributed by atoms with E-state index in [1.54, 1.807) is 12.2 Å². The van der Waals surface area contributed by atoms with Crippen molar-refractivity contribution in [2.75, 3.05) is 6.61 Å². The van der Waals surface area contributed by atoms with Crippen LogP contribution in [0.25, 0.3) is 0 Å². The Morgan fingerprint density at radius 1 is 0.781 bits per heavy atom. The summed E-state index contributed by atoms with van der Waals surface area (Å²) in [6.07, 6.45) is 9.83. The van der Waals surface area contributed by atoms with Crippen molar-refractivity contribution in [1.29, 1.82) is 0 Å². The molecular formula is C27H48O3Si2. The zero-order valence-electron chi connectivity index (χ0n) is 22.6. The molecule has 0 aromatic carbocycles. The molecule has 0 aliphatic carbocycles. The number of hydrogen-bond acceptors (Lipinski definition) is 3. The number of allylic oxidation sites excluding steroid dienone is 3. The first-order valence-corrected chi connectivity index (χ1v) is 17.7. The van der Waals surface area contributed by atoms with Crippen molar-refractivity contribution in [1.82, 2.24) is 0 Å². The van der Waals surface area contributed by atoms with Crippen LogP contribution in [0.1, 0.15) is 67.7 Å². The van der Waals surface area contributed by atoms with E-state index in [0.29, 0.717) is 6.42 Å². The third-order valence-electron chi connectivity index (χ3n) is 6.37. The Labute approximate surface area is 201 Å². The number of aliphatic hydroxyl groups is 1. The van der Waals surface area contributed by atoms with E-state index in [4.69, 9.17) is 8.85 Å². The first kappa shape index (κ1) is 30.9. The van der Waals surface area contributed by atoms with E-state index in [1.807, 2.05) is 0 Å². The molecule has 0 radical (unpaired) electrons. The van der Waals surface area contributed by atoms with E-state index in [9.17, 15) is 5.11 Å². The van der Waals surface area contributed by atoms with Crippen molar-refractivity contribution in [3.8, 4) is 23.7 Å². The van der Waals surface area contributed by atoms with E-state index in [0.717, 1.165) is 12.8 Å². The van der Waals surface area contributed by atoms with Gasteiger partial charge in [0.2, 0.25) is 0 Å². The van der Waals surface area contributed by atoms with Gasteiger partial charge in [-0.05, 0) is 54.8 Å². The van der Waals surface area contributed by atoms with Crippen LogP contribution >= 0.6 is 0 Å². The third-order valence-corrected chi connectivity index (χ3v) is 15.3. The normalized spacial score (nSPS) is 15.2. The fraction of sp³-hybridized carbons (Fsp3) is 0.704. The van der Waals surface area contributed by atoms with Crippen LogP contribution in [0.3, 0.4) is 0 Å². The topological polar surface area (TPSA) is 38.7 Å². The van der Waals surface area contributed by atoms with E-state index in [1.165, 1.54) is 0 Å². The second-order valence-corrected chi connectivity index (χ2v) is 20.8. The molecule has 0 aliphatic heterocycles. The average molecular weight is 477 g/mol. The summed E-state index contributed by atoms with van der Waals surface area (Å²) in [6, 6.07) is 0. The molecule has 0 heterocycles. The van der Waals surface area contributed by atoms with Crippen molar-refractivity contribution < 1.29 is 14.0 Å². The Bertz CT molecular complexity index is 729. The standard InChI is InChI=1S/C27H48O3Si2/c1-12-13-16-19-24(29-31(8,9)26(2,3)4)20-17-14-15-18-21-25(22-23-28)30-32(10,11)27(5,6)7/h13-16,24-25,28H,12,19,22-23H2,1-11H3/b15-14-,16-13-/t24-,25+/m0/s1. The van der Waals surface area contributed by atoms with Crippen LogP contribution < -0.4 is 0 Å². The summed E-state index contributed by atoms with van der Waals surface area (Å²) in [5.41, 5.74) is 0. The number of aliphatic hydroxyl groups excluding tert-OH is 1. The van der Waals surface area contributed by atoms with E-state index in [2.05, 4.69) is 110 Å². The van der Waals surface area contributed by atoms with Crippen LogP contribution in [-0.2, 0) is 8.85 Å². The molecule has 0 saturated carbocycles. The van der Waals surface area contributed by atoms with Crippen molar-refractivity contribution in [3.63, 3.8) is 0 Å². The molecule has 0 rings (SSSR count). The maximum atomic E-state index is 9.39. The Morgan fingerprint density at radius 2 is 1.22 bits per heavy atom. The van der Waals surface area contributed by atoms with Gasteiger partial charge in [-0.15, -0.1) is 0 Å². The first-order valence-electron chi connectivity index (χ1n) is 11.9. The second kappa shape index (κ2) is 13.6. The van der Waals surface area contributed by atoms with Crippen molar-refractivity contribution in [2.45, 2.75) is 116 Å². The molecule has 0 saturated heterocycles. The van der Waals surface area contributed by atoms with E-state index < -0.39 is 16.6 Å². The predicted molar refractivity (Wildman–Crippen MR) is 145 cm³/mol. The van der Waals surface area contributed by atoms with Crippen molar-refractivity contribution in [2.24, 2.45) is 0 Å². The average Bonchev–Trinajstić information content (AvgIpc) is 2.62. The second-order valence-electron chi connectivity index (χ2n) is 11.3. The zero-order valence-corrected chi connectivity index (χ0v) is 24.6. The fourth-order valence-electron chi connectivity index (χ4n) is 2.23. The molecule has 0 bridgehead atoms. The summed E-state index contributed by atoms with van der Waals surface area (Å²) >= 11 is 0. The molecule has 0 fully saturated rings. The maximum Gasteiger partial charge on any atom is 0.193 e. The highest BCUT2D eigenvalue weighted by Gasteiger charge is 2.39. The molecule has 32 heavy (non-hydrogen) atoms. The van der Waals surface area contributed by atoms with Gasteiger partial charge >= 0.3 is 0 Å². The molecule has 0 amide bonds. The quantitative estimate of drug-likeness (QED) is 0.220. The van der Waals surface area contributed by atoms with Crippen LogP contribution in [0.15, 0.2) is 24.3 Å². The van der Waals surface area contributed by atoms with Gasteiger partial charge < -0.3 is 14.0 Å². The monoisotopic (exact) mass is 476 g/mol. The van der Waals surface area contributed by atoms with Crippen molar-refractivity contribution in [3.05, 3.63) is 24.3 Å². The van der Waals surface area contributed by atoms with Gasteiger partial charge in [-0.3, -0.25) is 0 Å². The SMILES string of the molecule is CC/C=C\C[C@@H](C#C/C=C\C#C[C@H](CCO)O[Si](C)(C)C(C)(C)C)O[Si](C)(C)C(C)(C)C. The highest BCUT2D eigenvalue weighted by atomic mass is 28.4. The molecule has 0 aromatic heterocycles. The van der Waals surface area contributed by atoms with Gasteiger partial charge in [0, 0.05) is 19.4 Å². The maximum absolute atomic E-state index is 9.39. The summed E-state index contributed by atoms with van der Waals surface area (Å²) in [4.78, 5) is 0. The lowest BCUT2D eigenvalue weighted by atomic mass is 10.2. The lowest BCUT2D eigenvalue weighted by molar-refractivity contribution is 0.180. The molecule has 5 heteroatoms. The van der Waals surface area contributed by atoms with E-state index >= 15 is 0 Å². The molecule has 0 spiro atoms. The molecule has 0 unspecified atom stereocenters. The van der Waals surface area contributed by atoms with Crippen LogP contribution in [0, 0.1) is 23.7 Å². The molecule has 0 aliphatic rings. The summed E-state index contributed by atoms with van der Waals surface area (Å²) in [6.45, 7) is 24.5. The van der Waals surface area contributed by atoms with Gasteiger partial charge in [-0.1, -0.05) is 84.3 Å². The van der Waals surface area contributed by atoms with E-state index in [-0.39, 0.29) is 28.9 Å². The Kier molecular flexibility index (Phi) is 13.1. The minimum absolute atomic E-state index is 0.0647. The fourth-order valence-corrected chi connectivity index (χ4v) is 4.69. The summed E-state index contributed by atoms with van der Waals surface area (Å²) < 4.78 is 12.9. The highest BCUT2D eigenvalue weighted by Crippen LogP contribution is 2.38. The molecule has 182 valence electrons. The van der Waals surface area contributed by atoms with Crippen molar-refractivity contribution >= 4 is 16.6 Å². The van der Waals surface area contributed by atoms with Crippen LogP contribution in [0.4, 0.5) is 0 Å². The van der Waals surface area contributed by atoms with Crippen LogP contribution in [-0.4, -0.2) is 40.6 Å². The van der Waals surface area contributed by atoms with Gasteiger partial charge in [0.15, 0.2) is 16.6 Å². The minimum Gasteiger partial charge on any atom is -0.403 e. The third kappa shape index (κ3) is 11.7. The Hall–Kier alpha value is -1.09. The Balaban J connectivity index is 5.32. The molecule has 3 nitrogen and oxygen atoms in total. The number of hydrogen-bond donors (Lipinski definition) is 1. The number of rotatable bonds is 9. The minimum atomic E-state index is -1.93. The highest BCUT2D eigenvalue weighted by molar-refractivity contribution is 6.74. The lowest BCUT2D eigenvalue weighted by Gasteiger charge is -2.38. The summed E-state index contributed by atoms with van der Waals surface area (Å²) in [5, 5.41) is 9.64. The first-order chi connectivity index (χ1) is 14.6. The summed E-state index contributed by atoms with van der Waals surface area (Å²) in [7, 11) is -3.83. The van der Waals surface area contributed by atoms with Crippen LogP contribution in [0.5, 0.6) is 0 Å². The van der Waals surface area contributed by atoms with Gasteiger partial charge in [-0.2, -0.15) is 0 Å². The van der Waals surface area contributed by atoms with Gasteiger partial charge in [-0.25, -0.2) is 0 Å². The van der Waals surface area contributed by atoms with Gasteiger partial charge in [0.1, 0.15) is 12.2 Å². The summed E-state index contributed by atoms with van der Waals surface area (Å²) in [5.74, 6) is 12.6. The largest absolute Gasteiger partial charge is 0.403 e. The van der Waals surface area contributed by atoms with Gasteiger partial charge in [0.25, 0.3) is 0 Å². The van der Waals surface area contributed by atoms with Gasteiger partial charge in [0.05, 0.1) is 0 Å². The zero-order chi connectivity index (χ0) is 25.1. The smallest absolute Gasteiger partial charge is 0.193 e. The molecular weight excluding hydrogens is 428 g/mol. The molecule has 2 atom stereocenters. The Morgan fingerprint density at radius 3 is 1.62 bits per heavy atom. The van der Waals surface area contributed by atoms with Crippen LogP contribution in [0.2, 0.25) is 36.3 Å². The molecule has 1 N–H and O–H groups in total. The molecule has 0 aromatic rings. The lowest BCUT2D eigenvalue weighted by Crippen LogP contribution is -2.43. The predicted octanol–water partition coefficient (Wildman–Crippen LogP) is 7.07.